The average molecular weight is 826 g/mol. The molecule has 0 amide bonds. The third kappa shape index (κ3) is 6.44. The van der Waals surface area contributed by atoms with Crippen LogP contribution in [0.15, 0.2) is 151 Å². The molecule has 0 saturated carbocycles. The summed E-state index contributed by atoms with van der Waals surface area (Å²) in [6, 6.07) is 42.1. The lowest BCUT2D eigenvalue weighted by Gasteiger charge is -2.22. The first-order chi connectivity index (χ1) is 26.7. The van der Waals surface area contributed by atoms with Gasteiger partial charge in [-0.3, -0.25) is 0 Å². The molecule has 1 aromatic heterocycles. The molecule has 0 spiro atoms. The lowest BCUT2D eigenvalue weighted by atomic mass is 9.81. The van der Waals surface area contributed by atoms with Crippen LogP contribution in [0.1, 0.15) is 74.2 Å². The van der Waals surface area contributed by atoms with Gasteiger partial charge in [0.05, 0.1) is 0 Å². The zero-order valence-corrected chi connectivity index (χ0v) is 34.1. The maximum absolute atomic E-state index is 5.10. The standard InChI is InChI=1S/C51H44IN3/c1-50(2)41(31-40-14-8-10-16-44(40)50)30-39(28-29-52)34-20-24-37(25-21-34)49-54-47(35-12-6-5-7-13-35)53-48(55-49)36-22-18-33(19-23-36)38-26-27-43-42-15-9-11-17-45(42)51(3,4)46(43)32-38/h5-6,8-12,14-28,30,32H,7,13,29,31H2,1-4H3/b39-28+,41-30+. The topological polar surface area (TPSA) is 38.7 Å². The summed E-state index contributed by atoms with van der Waals surface area (Å²) in [5, 5.41) is 0. The van der Waals surface area contributed by atoms with Crippen molar-refractivity contribution in [3.8, 4) is 45.0 Å². The van der Waals surface area contributed by atoms with E-state index in [9.17, 15) is 0 Å². The Hall–Kier alpha value is -5.20. The fourth-order valence-electron chi connectivity index (χ4n) is 8.72. The Morgan fingerprint density at radius 2 is 1.25 bits per heavy atom. The zero-order valence-electron chi connectivity index (χ0n) is 31.9. The second kappa shape index (κ2) is 14.1. The Bertz CT molecular complexity index is 2580. The molecule has 3 nitrogen and oxygen atoms in total. The van der Waals surface area contributed by atoms with Crippen LogP contribution in [0, 0.1) is 0 Å². The molecule has 0 radical (unpaired) electrons. The first-order valence-corrected chi connectivity index (χ1v) is 20.9. The summed E-state index contributed by atoms with van der Waals surface area (Å²) >= 11 is 2.45. The number of hydrogen-bond donors (Lipinski definition) is 0. The molecular weight excluding hydrogens is 781 g/mol. The smallest absolute Gasteiger partial charge is 0.164 e. The van der Waals surface area contributed by atoms with E-state index in [1.54, 1.807) is 0 Å². The van der Waals surface area contributed by atoms with Crippen LogP contribution in [0.25, 0.3) is 56.2 Å². The van der Waals surface area contributed by atoms with Gasteiger partial charge < -0.3 is 0 Å². The fourth-order valence-corrected chi connectivity index (χ4v) is 9.19. The Labute approximate surface area is 338 Å². The normalized spacial score (nSPS) is 17.1. The van der Waals surface area contributed by atoms with Crippen molar-refractivity contribution in [2.24, 2.45) is 0 Å². The molecule has 0 saturated heterocycles. The van der Waals surface area contributed by atoms with E-state index in [0.29, 0.717) is 11.6 Å². The van der Waals surface area contributed by atoms with E-state index in [2.05, 4.69) is 196 Å². The molecule has 1 heterocycles. The van der Waals surface area contributed by atoms with E-state index in [1.165, 1.54) is 61.2 Å². The minimum Gasteiger partial charge on any atom is -0.209 e. The monoisotopic (exact) mass is 825 g/mol. The van der Waals surface area contributed by atoms with Crippen LogP contribution in [0.3, 0.4) is 0 Å². The number of aromatic nitrogens is 3. The highest BCUT2D eigenvalue weighted by Crippen LogP contribution is 2.49. The first kappa shape index (κ1) is 35.5. The van der Waals surface area contributed by atoms with Gasteiger partial charge in [0.25, 0.3) is 0 Å². The average Bonchev–Trinajstić information content (AvgIpc) is 3.62. The zero-order chi connectivity index (χ0) is 37.7. The molecule has 55 heavy (non-hydrogen) atoms. The summed E-state index contributed by atoms with van der Waals surface area (Å²) in [6.45, 7) is 9.37. The molecule has 4 heteroatoms. The number of hydrogen-bond acceptors (Lipinski definition) is 3. The van der Waals surface area contributed by atoms with Crippen molar-refractivity contribution in [1.29, 1.82) is 0 Å². The highest BCUT2D eigenvalue weighted by Gasteiger charge is 2.36. The minimum atomic E-state index is -0.0367. The predicted octanol–water partition coefficient (Wildman–Crippen LogP) is 13.2. The predicted molar refractivity (Wildman–Crippen MR) is 238 cm³/mol. The van der Waals surface area contributed by atoms with Crippen molar-refractivity contribution in [3.05, 3.63) is 185 Å². The second-order valence-corrected chi connectivity index (χ2v) is 16.9. The molecule has 0 N–H and O–H groups in total. The van der Waals surface area contributed by atoms with E-state index in [4.69, 9.17) is 15.0 Å². The highest BCUT2D eigenvalue weighted by atomic mass is 127. The second-order valence-electron chi connectivity index (χ2n) is 16.0. The van der Waals surface area contributed by atoms with Crippen LogP contribution in [-0.2, 0) is 17.3 Å². The molecule has 6 aromatic rings. The van der Waals surface area contributed by atoms with Gasteiger partial charge in [-0.2, -0.15) is 0 Å². The van der Waals surface area contributed by atoms with Gasteiger partial charge in [-0.25, -0.2) is 15.0 Å². The van der Waals surface area contributed by atoms with E-state index in [0.717, 1.165) is 46.2 Å². The molecule has 0 atom stereocenters. The molecule has 0 unspecified atom stereocenters. The fraction of sp³-hybridized carbons (Fsp3) is 0.196. The number of benzene rings is 5. The van der Waals surface area contributed by atoms with Crippen molar-refractivity contribution in [1.82, 2.24) is 15.0 Å². The minimum absolute atomic E-state index is 0.00437. The summed E-state index contributed by atoms with van der Waals surface area (Å²) in [6.07, 6.45) is 14.1. The van der Waals surface area contributed by atoms with Crippen molar-refractivity contribution >= 4 is 33.7 Å². The Balaban J connectivity index is 1.04. The van der Waals surface area contributed by atoms with E-state index in [1.807, 2.05) is 0 Å². The Morgan fingerprint density at radius 3 is 1.95 bits per heavy atom. The van der Waals surface area contributed by atoms with Crippen LogP contribution in [0.5, 0.6) is 0 Å². The number of alkyl halides is 1. The molecule has 3 aliphatic carbocycles. The van der Waals surface area contributed by atoms with Crippen molar-refractivity contribution in [3.63, 3.8) is 0 Å². The van der Waals surface area contributed by atoms with Gasteiger partial charge in [0.2, 0.25) is 0 Å². The van der Waals surface area contributed by atoms with Gasteiger partial charge in [-0.15, -0.1) is 0 Å². The molecular formula is C51H44IN3. The number of allylic oxidation sites excluding steroid dienone is 8. The quantitative estimate of drug-likeness (QED) is 0.119. The lowest BCUT2D eigenvalue weighted by molar-refractivity contribution is 0.644. The Kier molecular flexibility index (Phi) is 9.13. The molecule has 3 aliphatic rings. The lowest BCUT2D eigenvalue weighted by Crippen LogP contribution is -2.15. The summed E-state index contributed by atoms with van der Waals surface area (Å²) in [7, 11) is 0. The Morgan fingerprint density at radius 1 is 0.636 bits per heavy atom. The maximum Gasteiger partial charge on any atom is 0.164 e. The SMILES string of the molecule is CC1(C)/C(=C/C(=C\CI)c2ccc(-c3nc(C4=CC=CCC4)nc(-c4ccc(-c5ccc6c(c5)C(C)(C)c5ccccc5-6)cc4)n3)cc2)Cc2ccccc21. The number of nitrogens with zero attached hydrogens (tertiary/aromatic N) is 3. The van der Waals surface area contributed by atoms with Crippen LogP contribution in [0.2, 0.25) is 0 Å². The van der Waals surface area contributed by atoms with Crippen LogP contribution in [-0.4, -0.2) is 19.4 Å². The van der Waals surface area contributed by atoms with Crippen LogP contribution in [0.4, 0.5) is 0 Å². The molecule has 0 fully saturated rings. The van der Waals surface area contributed by atoms with Gasteiger partial charge in [0.1, 0.15) is 0 Å². The number of rotatable bonds is 7. The molecule has 5 aromatic carbocycles. The molecule has 9 rings (SSSR count). The highest BCUT2D eigenvalue weighted by molar-refractivity contribution is 14.1. The summed E-state index contributed by atoms with van der Waals surface area (Å²) in [5.74, 6) is 2.13. The molecule has 270 valence electrons. The van der Waals surface area contributed by atoms with E-state index in [-0.39, 0.29) is 10.8 Å². The first-order valence-electron chi connectivity index (χ1n) is 19.3. The van der Waals surface area contributed by atoms with Crippen LogP contribution >= 0.6 is 22.6 Å². The summed E-state index contributed by atoms with van der Waals surface area (Å²) in [4.78, 5) is 15.2. The molecule has 0 aliphatic heterocycles. The molecule has 0 bridgehead atoms. The number of fused-ring (bicyclic) bond motifs is 4. The largest absolute Gasteiger partial charge is 0.209 e. The summed E-state index contributed by atoms with van der Waals surface area (Å²) < 4.78 is 0.938. The van der Waals surface area contributed by atoms with Gasteiger partial charge >= 0.3 is 0 Å². The van der Waals surface area contributed by atoms with Gasteiger partial charge in [-0.1, -0.05) is 195 Å². The van der Waals surface area contributed by atoms with Gasteiger partial charge in [0.15, 0.2) is 17.5 Å². The van der Waals surface area contributed by atoms with Crippen molar-refractivity contribution in [2.75, 3.05) is 4.43 Å². The van der Waals surface area contributed by atoms with Gasteiger partial charge in [0, 0.05) is 26.4 Å². The van der Waals surface area contributed by atoms with Gasteiger partial charge in [-0.05, 0) is 86.5 Å². The summed E-state index contributed by atoms with van der Waals surface area (Å²) in [5.41, 5.74) is 17.7. The van der Waals surface area contributed by atoms with Crippen LogP contribution < -0.4 is 0 Å². The third-order valence-electron chi connectivity index (χ3n) is 12.0. The van der Waals surface area contributed by atoms with E-state index < -0.39 is 0 Å². The number of halogens is 1. The van der Waals surface area contributed by atoms with Crippen molar-refractivity contribution in [2.45, 2.75) is 57.8 Å². The third-order valence-corrected chi connectivity index (χ3v) is 12.4. The van der Waals surface area contributed by atoms with Crippen molar-refractivity contribution < 1.29 is 0 Å². The maximum atomic E-state index is 5.10. The van der Waals surface area contributed by atoms with E-state index >= 15 is 0 Å².